The summed E-state index contributed by atoms with van der Waals surface area (Å²) in [4.78, 5) is 41.8. The number of allylic oxidation sites excluding steroid dienone is 2. The van der Waals surface area contributed by atoms with Gasteiger partial charge in [-0.2, -0.15) is 0 Å². The summed E-state index contributed by atoms with van der Waals surface area (Å²) in [7, 11) is 0. The van der Waals surface area contributed by atoms with Gasteiger partial charge in [0.1, 0.15) is 0 Å². The fourth-order valence-corrected chi connectivity index (χ4v) is 5.37. The summed E-state index contributed by atoms with van der Waals surface area (Å²) in [6.07, 6.45) is 9.61. The number of hydrogen-bond acceptors (Lipinski definition) is 3. The molecule has 1 aromatic carbocycles. The fraction of sp³-hybridized carbons (Fsp3) is 0.500. The standard InChI is InChI=1S/C22H24N2O3/c25-20(23-11-3-1-2-4-12-23)14-7-9-17(10-8-14)24-21(26)18-15-5-6-16(13-15)19(18)22(24)27/h5-10,15-16,18-19H,1-4,11-13H2/t15-,16-,18+,19+/m1/s1. The first kappa shape index (κ1) is 16.7. The van der Waals surface area contributed by atoms with E-state index >= 15 is 0 Å². The van der Waals surface area contributed by atoms with Gasteiger partial charge in [-0.15, -0.1) is 0 Å². The maximum absolute atomic E-state index is 12.9. The fourth-order valence-electron chi connectivity index (χ4n) is 5.37. The van der Waals surface area contributed by atoms with Gasteiger partial charge in [0.15, 0.2) is 0 Å². The molecule has 27 heavy (non-hydrogen) atoms. The van der Waals surface area contributed by atoms with Crippen LogP contribution in [0.1, 0.15) is 42.5 Å². The highest BCUT2D eigenvalue weighted by molar-refractivity contribution is 6.22. The number of imide groups is 1. The minimum Gasteiger partial charge on any atom is -0.339 e. The van der Waals surface area contributed by atoms with Crippen LogP contribution >= 0.6 is 0 Å². The molecule has 4 aliphatic rings. The molecule has 5 rings (SSSR count). The van der Waals surface area contributed by atoms with Crippen molar-refractivity contribution in [1.29, 1.82) is 0 Å². The van der Waals surface area contributed by atoms with Gasteiger partial charge in [0, 0.05) is 18.7 Å². The first-order chi connectivity index (χ1) is 13.1. The number of fused-ring (bicyclic) bond motifs is 5. The summed E-state index contributed by atoms with van der Waals surface area (Å²) in [5.41, 5.74) is 1.22. The molecule has 2 aliphatic carbocycles. The van der Waals surface area contributed by atoms with E-state index in [0.29, 0.717) is 11.3 Å². The van der Waals surface area contributed by atoms with E-state index in [1.807, 2.05) is 4.90 Å². The number of likely N-dealkylation sites (tertiary alicyclic amines) is 1. The Morgan fingerprint density at radius 2 is 1.37 bits per heavy atom. The Morgan fingerprint density at radius 3 is 1.93 bits per heavy atom. The van der Waals surface area contributed by atoms with Crippen LogP contribution in [-0.2, 0) is 9.59 Å². The number of amides is 3. The summed E-state index contributed by atoms with van der Waals surface area (Å²) in [5.74, 6) is -0.0592. The van der Waals surface area contributed by atoms with Crippen molar-refractivity contribution in [2.45, 2.75) is 32.1 Å². The van der Waals surface area contributed by atoms with E-state index < -0.39 is 0 Å². The topological polar surface area (TPSA) is 57.7 Å². The van der Waals surface area contributed by atoms with Crippen molar-refractivity contribution in [2.75, 3.05) is 18.0 Å². The van der Waals surface area contributed by atoms with Crippen molar-refractivity contribution in [3.63, 3.8) is 0 Å². The van der Waals surface area contributed by atoms with Crippen LogP contribution in [0.5, 0.6) is 0 Å². The second kappa shape index (κ2) is 6.32. The molecule has 1 aromatic rings. The van der Waals surface area contributed by atoms with Crippen LogP contribution in [-0.4, -0.2) is 35.7 Å². The Hall–Kier alpha value is -2.43. The third-order valence-corrected chi connectivity index (χ3v) is 6.74. The predicted octanol–water partition coefficient (Wildman–Crippen LogP) is 3.01. The minimum atomic E-state index is -0.189. The Balaban J connectivity index is 1.36. The van der Waals surface area contributed by atoms with Crippen molar-refractivity contribution in [3.8, 4) is 0 Å². The van der Waals surface area contributed by atoms with Crippen molar-refractivity contribution in [2.24, 2.45) is 23.7 Å². The molecule has 3 amide bonds. The lowest BCUT2D eigenvalue weighted by Gasteiger charge is -2.21. The number of carbonyl (C=O) groups is 3. The molecule has 140 valence electrons. The molecule has 2 saturated heterocycles. The van der Waals surface area contributed by atoms with Gasteiger partial charge < -0.3 is 4.90 Å². The van der Waals surface area contributed by atoms with Gasteiger partial charge in [0.25, 0.3) is 5.91 Å². The van der Waals surface area contributed by atoms with E-state index in [4.69, 9.17) is 0 Å². The molecule has 3 fully saturated rings. The van der Waals surface area contributed by atoms with Gasteiger partial charge in [0.2, 0.25) is 11.8 Å². The van der Waals surface area contributed by atoms with E-state index in [1.54, 1.807) is 24.3 Å². The van der Waals surface area contributed by atoms with E-state index in [1.165, 1.54) is 17.7 Å². The van der Waals surface area contributed by atoms with Gasteiger partial charge in [-0.3, -0.25) is 19.3 Å². The maximum atomic E-state index is 12.9. The van der Waals surface area contributed by atoms with Crippen LogP contribution in [0.25, 0.3) is 0 Å². The lowest BCUT2D eigenvalue weighted by atomic mass is 9.85. The zero-order chi connectivity index (χ0) is 18.5. The summed E-state index contributed by atoms with van der Waals surface area (Å²) >= 11 is 0. The van der Waals surface area contributed by atoms with Gasteiger partial charge in [0.05, 0.1) is 17.5 Å². The number of hydrogen-bond donors (Lipinski definition) is 0. The average Bonchev–Trinajstić information content (AvgIpc) is 3.28. The Bertz CT molecular complexity index is 790. The van der Waals surface area contributed by atoms with Crippen LogP contribution in [0.4, 0.5) is 5.69 Å². The molecule has 0 aromatic heterocycles. The molecule has 2 aliphatic heterocycles. The molecule has 2 heterocycles. The Labute approximate surface area is 159 Å². The number of benzene rings is 1. The summed E-state index contributed by atoms with van der Waals surface area (Å²) < 4.78 is 0. The monoisotopic (exact) mass is 364 g/mol. The van der Waals surface area contributed by atoms with Crippen molar-refractivity contribution in [3.05, 3.63) is 42.0 Å². The van der Waals surface area contributed by atoms with Crippen molar-refractivity contribution < 1.29 is 14.4 Å². The molecule has 5 nitrogen and oxygen atoms in total. The second-order valence-electron chi connectivity index (χ2n) is 8.27. The molecular formula is C22H24N2O3. The largest absolute Gasteiger partial charge is 0.339 e. The normalized spacial score (nSPS) is 32.1. The van der Waals surface area contributed by atoms with Crippen LogP contribution < -0.4 is 4.90 Å². The van der Waals surface area contributed by atoms with Gasteiger partial charge in [-0.05, 0) is 55.4 Å². The van der Waals surface area contributed by atoms with Crippen LogP contribution in [0, 0.1) is 23.7 Å². The van der Waals surface area contributed by atoms with Gasteiger partial charge in [-0.1, -0.05) is 25.0 Å². The molecule has 0 N–H and O–H groups in total. The van der Waals surface area contributed by atoms with Crippen molar-refractivity contribution >= 4 is 23.4 Å². The molecule has 0 unspecified atom stereocenters. The molecule has 0 spiro atoms. The molecule has 5 heteroatoms. The SMILES string of the molecule is O=C(c1ccc(N2C(=O)[C@@H]3[C@@H](C2=O)[C@@H]2C=C[C@@H]3C2)cc1)N1CCCCCC1. The maximum Gasteiger partial charge on any atom is 0.253 e. The number of carbonyl (C=O) groups excluding carboxylic acids is 3. The molecule has 0 radical (unpaired) electrons. The quantitative estimate of drug-likeness (QED) is 0.599. The van der Waals surface area contributed by atoms with E-state index in [-0.39, 0.29) is 41.4 Å². The van der Waals surface area contributed by atoms with E-state index in [9.17, 15) is 14.4 Å². The number of rotatable bonds is 2. The first-order valence-electron chi connectivity index (χ1n) is 10.1. The highest BCUT2D eigenvalue weighted by atomic mass is 16.2. The zero-order valence-corrected chi connectivity index (χ0v) is 15.3. The predicted molar refractivity (Wildman–Crippen MR) is 101 cm³/mol. The van der Waals surface area contributed by atoms with Crippen LogP contribution in [0.15, 0.2) is 36.4 Å². The average molecular weight is 364 g/mol. The third kappa shape index (κ3) is 2.55. The molecule has 2 bridgehead atoms. The molecule has 1 saturated carbocycles. The second-order valence-corrected chi connectivity index (χ2v) is 8.27. The minimum absolute atomic E-state index is 0.0432. The molecular weight excluding hydrogens is 340 g/mol. The third-order valence-electron chi connectivity index (χ3n) is 6.74. The Kier molecular flexibility index (Phi) is 3.92. The highest BCUT2D eigenvalue weighted by Gasteiger charge is 2.59. The zero-order valence-electron chi connectivity index (χ0n) is 15.3. The summed E-state index contributed by atoms with van der Waals surface area (Å²) in [6, 6.07) is 7.00. The number of nitrogens with zero attached hydrogens (tertiary/aromatic N) is 2. The summed E-state index contributed by atoms with van der Waals surface area (Å²) in [5, 5.41) is 0. The van der Waals surface area contributed by atoms with Gasteiger partial charge in [-0.25, -0.2) is 0 Å². The smallest absolute Gasteiger partial charge is 0.253 e. The van der Waals surface area contributed by atoms with E-state index in [0.717, 1.165) is 32.4 Å². The van der Waals surface area contributed by atoms with Crippen LogP contribution in [0.3, 0.4) is 0 Å². The first-order valence-corrected chi connectivity index (χ1v) is 10.1. The van der Waals surface area contributed by atoms with Crippen molar-refractivity contribution in [1.82, 2.24) is 4.90 Å². The lowest BCUT2D eigenvalue weighted by Crippen LogP contribution is -2.33. The number of anilines is 1. The van der Waals surface area contributed by atoms with Gasteiger partial charge >= 0.3 is 0 Å². The van der Waals surface area contributed by atoms with E-state index in [2.05, 4.69) is 12.2 Å². The molecule has 4 atom stereocenters. The Morgan fingerprint density at radius 1 is 0.815 bits per heavy atom. The highest BCUT2D eigenvalue weighted by Crippen LogP contribution is 2.53. The summed E-state index contributed by atoms with van der Waals surface area (Å²) in [6.45, 7) is 1.62. The lowest BCUT2D eigenvalue weighted by molar-refractivity contribution is -0.123. The van der Waals surface area contributed by atoms with Crippen LogP contribution in [0.2, 0.25) is 0 Å².